The van der Waals surface area contributed by atoms with Gasteiger partial charge in [-0.15, -0.1) is 0 Å². The van der Waals surface area contributed by atoms with E-state index in [0.717, 1.165) is 30.6 Å². The highest BCUT2D eigenvalue weighted by Crippen LogP contribution is 2.29. The van der Waals surface area contributed by atoms with Crippen LogP contribution in [-0.4, -0.2) is 35.3 Å². The smallest absolute Gasteiger partial charge is 0.325 e. The van der Waals surface area contributed by atoms with E-state index in [0.29, 0.717) is 11.1 Å². The molecule has 2 fully saturated rings. The first-order chi connectivity index (χ1) is 12.9. The highest BCUT2D eigenvalue weighted by molar-refractivity contribution is 6.09. The molecule has 1 heterocycles. The van der Waals surface area contributed by atoms with E-state index in [9.17, 15) is 14.4 Å². The number of amides is 4. The lowest BCUT2D eigenvalue weighted by Gasteiger charge is -2.23. The molecule has 142 valence electrons. The van der Waals surface area contributed by atoms with Gasteiger partial charge >= 0.3 is 6.03 Å². The third kappa shape index (κ3) is 3.95. The lowest BCUT2D eigenvalue weighted by molar-refractivity contribution is -0.135. The van der Waals surface area contributed by atoms with Gasteiger partial charge in [0.05, 0.1) is 11.6 Å². The fourth-order valence-corrected chi connectivity index (χ4v) is 3.78. The Kier molecular flexibility index (Phi) is 5.45. The topological polar surface area (TPSA) is 102 Å². The first kappa shape index (κ1) is 18.9. The number of carbonyl (C=O) groups is 3. The number of hydrogen-bond acceptors (Lipinski definition) is 4. The van der Waals surface area contributed by atoms with Gasteiger partial charge in [-0.1, -0.05) is 37.8 Å². The minimum Gasteiger partial charge on any atom is -0.352 e. The maximum Gasteiger partial charge on any atom is 0.325 e. The molecule has 2 aliphatic rings. The Morgan fingerprint density at radius 2 is 2.00 bits per heavy atom. The molecule has 1 aromatic carbocycles. The molecule has 2 N–H and O–H groups in total. The van der Waals surface area contributed by atoms with Crippen LogP contribution in [0.15, 0.2) is 24.3 Å². The zero-order valence-corrected chi connectivity index (χ0v) is 15.5. The van der Waals surface area contributed by atoms with Crippen molar-refractivity contribution in [2.24, 2.45) is 0 Å². The van der Waals surface area contributed by atoms with Crippen LogP contribution in [0, 0.1) is 11.3 Å². The summed E-state index contributed by atoms with van der Waals surface area (Å²) < 4.78 is 0. The van der Waals surface area contributed by atoms with Gasteiger partial charge in [0.1, 0.15) is 12.1 Å². The molecule has 3 rings (SSSR count). The van der Waals surface area contributed by atoms with Crippen LogP contribution in [0.3, 0.4) is 0 Å². The third-order valence-electron chi connectivity index (χ3n) is 5.37. The molecule has 1 atom stereocenters. The van der Waals surface area contributed by atoms with Crippen molar-refractivity contribution in [1.82, 2.24) is 15.5 Å². The normalized spacial score (nSPS) is 23.5. The van der Waals surface area contributed by atoms with Crippen molar-refractivity contribution in [3.8, 4) is 6.07 Å². The summed E-state index contributed by atoms with van der Waals surface area (Å²) in [7, 11) is 0. The first-order valence-corrected chi connectivity index (χ1v) is 9.38. The second kappa shape index (κ2) is 7.78. The molecule has 1 aliphatic heterocycles. The molecule has 27 heavy (non-hydrogen) atoms. The Morgan fingerprint density at radius 1 is 1.30 bits per heavy atom. The van der Waals surface area contributed by atoms with E-state index in [4.69, 9.17) is 5.26 Å². The molecule has 7 heteroatoms. The summed E-state index contributed by atoms with van der Waals surface area (Å²) in [6, 6.07) is 8.10. The van der Waals surface area contributed by atoms with Crippen LogP contribution in [-0.2, 0) is 15.1 Å². The van der Waals surface area contributed by atoms with Crippen LogP contribution in [0.5, 0.6) is 0 Å². The van der Waals surface area contributed by atoms with Gasteiger partial charge in [0.2, 0.25) is 5.91 Å². The fraction of sp³-hybridized carbons (Fsp3) is 0.500. The highest BCUT2D eigenvalue weighted by atomic mass is 16.2. The Balaban J connectivity index is 1.70. The Morgan fingerprint density at radius 3 is 2.67 bits per heavy atom. The van der Waals surface area contributed by atoms with Crippen molar-refractivity contribution >= 4 is 17.8 Å². The summed E-state index contributed by atoms with van der Waals surface area (Å²) in [5, 5.41) is 14.7. The summed E-state index contributed by atoms with van der Waals surface area (Å²) in [5.41, 5.74) is -0.362. The maximum atomic E-state index is 12.9. The highest BCUT2D eigenvalue weighted by Gasteiger charge is 2.49. The van der Waals surface area contributed by atoms with Crippen LogP contribution < -0.4 is 10.6 Å². The van der Waals surface area contributed by atoms with E-state index >= 15 is 0 Å². The van der Waals surface area contributed by atoms with Crippen molar-refractivity contribution in [3.63, 3.8) is 0 Å². The van der Waals surface area contributed by atoms with Crippen molar-refractivity contribution in [1.29, 1.82) is 5.26 Å². The number of nitrogens with one attached hydrogen (secondary N) is 2. The molecular weight excluding hydrogens is 344 g/mol. The van der Waals surface area contributed by atoms with Gasteiger partial charge in [-0.25, -0.2) is 4.79 Å². The van der Waals surface area contributed by atoms with Gasteiger partial charge in [-0.3, -0.25) is 14.5 Å². The minimum atomic E-state index is -1.29. The van der Waals surface area contributed by atoms with E-state index in [1.165, 1.54) is 12.8 Å². The predicted molar refractivity (Wildman–Crippen MR) is 98.4 cm³/mol. The third-order valence-corrected chi connectivity index (χ3v) is 5.37. The van der Waals surface area contributed by atoms with E-state index in [1.807, 2.05) is 6.07 Å². The van der Waals surface area contributed by atoms with Crippen LogP contribution in [0.1, 0.15) is 56.6 Å². The number of carbonyl (C=O) groups excluding carboxylic acids is 3. The molecule has 1 saturated carbocycles. The number of rotatable bonds is 4. The molecule has 4 amide bonds. The lowest BCUT2D eigenvalue weighted by Crippen LogP contribution is -2.45. The molecule has 0 spiro atoms. The SMILES string of the molecule is C[C@]1(c2cccc(C#N)c2)NC(=O)N(CC(=O)NC2CCCCCC2)C1=O. The Hall–Kier alpha value is -2.88. The maximum absolute atomic E-state index is 12.9. The molecule has 7 nitrogen and oxygen atoms in total. The summed E-state index contributed by atoms with van der Waals surface area (Å²) in [6.07, 6.45) is 6.40. The largest absolute Gasteiger partial charge is 0.352 e. The summed E-state index contributed by atoms with van der Waals surface area (Å²) in [5.74, 6) is -0.806. The number of imide groups is 1. The predicted octanol–water partition coefficient (Wildman–Crippen LogP) is 2.16. The molecule has 1 aliphatic carbocycles. The quantitative estimate of drug-likeness (QED) is 0.628. The summed E-state index contributed by atoms with van der Waals surface area (Å²) in [4.78, 5) is 38.6. The zero-order chi connectivity index (χ0) is 19.4. The van der Waals surface area contributed by atoms with Gasteiger partial charge in [-0.2, -0.15) is 5.26 Å². The molecule has 1 aromatic rings. The number of nitriles is 1. The summed E-state index contributed by atoms with van der Waals surface area (Å²) >= 11 is 0. The second-order valence-corrected chi connectivity index (χ2v) is 7.40. The average Bonchev–Trinajstić information content (AvgIpc) is 2.85. The number of hydrogen-bond donors (Lipinski definition) is 2. The van der Waals surface area contributed by atoms with Crippen LogP contribution in [0.25, 0.3) is 0 Å². The first-order valence-electron chi connectivity index (χ1n) is 9.38. The Labute approximate surface area is 158 Å². The van der Waals surface area contributed by atoms with Gasteiger partial charge in [-0.05, 0) is 37.5 Å². The minimum absolute atomic E-state index is 0.111. The summed E-state index contributed by atoms with van der Waals surface area (Å²) in [6.45, 7) is 1.29. The monoisotopic (exact) mass is 368 g/mol. The van der Waals surface area contributed by atoms with E-state index in [1.54, 1.807) is 31.2 Å². The Bertz CT molecular complexity index is 793. The van der Waals surface area contributed by atoms with Crippen LogP contribution >= 0.6 is 0 Å². The molecule has 0 unspecified atom stereocenters. The van der Waals surface area contributed by atoms with Crippen molar-refractivity contribution in [2.75, 3.05) is 6.54 Å². The van der Waals surface area contributed by atoms with Crippen molar-refractivity contribution in [3.05, 3.63) is 35.4 Å². The molecular formula is C20H24N4O3. The van der Waals surface area contributed by atoms with Crippen molar-refractivity contribution in [2.45, 2.75) is 57.0 Å². The second-order valence-electron chi connectivity index (χ2n) is 7.40. The molecule has 0 bridgehead atoms. The van der Waals surface area contributed by atoms with E-state index in [2.05, 4.69) is 10.6 Å². The standard InChI is InChI=1S/C20H24N4O3/c1-20(15-8-6-7-14(11-15)12-21)18(26)24(19(27)23-20)13-17(25)22-16-9-4-2-3-5-10-16/h6-8,11,16H,2-5,9-10,13H2,1H3,(H,22,25)(H,23,27)/t20-/m1/s1. The molecule has 1 saturated heterocycles. The van der Waals surface area contributed by atoms with Crippen LogP contribution in [0.4, 0.5) is 4.79 Å². The zero-order valence-electron chi connectivity index (χ0n) is 15.5. The van der Waals surface area contributed by atoms with Gasteiger partial charge < -0.3 is 10.6 Å². The van der Waals surface area contributed by atoms with Crippen molar-refractivity contribution < 1.29 is 14.4 Å². The number of benzene rings is 1. The fourth-order valence-electron chi connectivity index (χ4n) is 3.78. The number of urea groups is 1. The lowest BCUT2D eigenvalue weighted by atomic mass is 9.91. The van der Waals surface area contributed by atoms with Crippen LogP contribution in [0.2, 0.25) is 0 Å². The molecule has 0 aromatic heterocycles. The average molecular weight is 368 g/mol. The van der Waals surface area contributed by atoms with E-state index in [-0.39, 0.29) is 18.5 Å². The van der Waals surface area contributed by atoms with Gasteiger partial charge in [0.25, 0.3) is 5.91 Å². The number of nitrogens with zero attached hydrogens (tertiary/aromatic N) is 2. The molecule has 0 radical (unpaired) electrons. The van der Waals surface area contributed by atoms with E-state index < -0.39 is 17.5 Å². The van der Waals surface area contributed by atoms with Gasteiger partial charge in [0.15, 0.2) is 0 Å². The van der Waals surface area contributed by atoms with Gasteiger partial charge in [0, 0.05) is 6.04 Å².